The van der Waals surface area contributed by atoms with E-state index in [-0.39, 0.29) is 18.4 Å². The zero-order valence-electron chi connectivity index (χ0n) is 17.0. The van der Waals surface area contributed by atoms with Crippen LogP contribution in [-0.2, 0) is 29.1 Å². The summed E-state index contributed by atoms with van der Waals surface area (Å²) in [7, 11) is 0. The summed E-state index contributed by atoms with van der Waals surface area (Å²) in [6.45, 7) is 2.22. The molecule has 1 unspecified atom stereocenters. The Bertz CT molecular complexity index is 1040. The van der Waals surface area contributed by atoms with Gasteiger partial charge in [-0.15, -0.1) is 0 Å². The fourth-order valence-electron chi connectivity index (χ4n) is 3.84. The third kappa shape index (κ3) is 5.37. The fourth-order valence-corrected chi connectivity index (χ4v) is 4.55. The van der Waals surface area contributed by atoms with Crippen molar-refractivity contribution in [2.45, 2.75) is 25.6 Å². The van der Waals surface area contributed by atoms with Crippen molar-refractivity contribution in [3.8, 4) is 0 Å². The number of nitrogens with zero attached hydrogens (tertiary/aromatic N) is 1. The largest absolute Gasteiger partial charge is 0.346 e. The molecule has 1 aliphatic rings. The Balaban J connectivity index is 1.36. The van der Waals surface area contributed by atoms with Crippen LogP contribution in [-0.4, -0.2) is 29.8 Å². The predicted octanol–water partition coefficient (Wildman–Crippen LogP) is 3.42. The zero-order chi connectivity index (χ0) is 21.6. The van der Waals surface area contributed by atoms with E-state index >= 15 is 0 Å². The van der Waals surface area contributed by atoms with Crippen molar-refractivity contribution >= 4 is 23.2 Å². The molecule has 7 heteroatoms. The van der Waals surface area contributed by atoms with E-state index in [1.54, 1.807) is 23.5 Å². The molecule has 2 amide bonds. The lowest BCUT2D eigenvalue weighted by molar-refractivity contribution is -0.139. The van der Waals surface area contributed by atoms with Gasteiger partial charge in [0.2, 0.25) is 0 Å². The van der Waals surface area contributed by atoms with Gasteiger partial charge in [-0.2, -0.15) is 11.3 Å². The summed E-state index contributed by atoms with van der Waals surface area (Å²) in [6.07, 6.45) is 0.961. The van der Waals surface area contributed by atoms with Crippen LogP contribution in [0.5, 0.6) is 0 Å². The highest BCUT2D eigenvalue weighted by molar-refractivity contribution is 7.08. The Morgan fingerprint density at radius 2 is 1.74 bits per heavy atom. The molecule has 0 spiro atoms. The maximum Gasteiger partial charge on any atom is 0.309 e. The summed E-state index contributed by atoms with van der Waals surface area (Å²) < 4.78 is 13.0. The van der Waals surface area contributed by atoms with E-state index in [2.05, 4.69) is 51.2 Å². The minimum absolute atomic E-state index is 0.00606. The van der Waals surface area contributed by atoms with Crippen LogP contribution in [0.3, 0.4) is 0 Å². The molecule has 0 saturated heterocycles. The Morgan fingerprint density at radius 3 is 2.48 bits per heavy atom. The number of halogens is 1. The molecule has 5 nitrogen and oxygen atoms in total. The summed E-state index contributed by atoms with van der Waals surface area (Å²) in [5.74, 6) is -1.70. The van der Waals surface area contributed by atoms with Gasteiger partial charge in [-0.05, 0) is 57.6 Å². The molecule has 0 aliphatic carbocycles. The summed E-state index contributed by atoms with van der Waals surface area (Å²) in [5, 5.41) is 9.49. The van der Waals surface area contributed by atoms with Gasteiger partial charge >= 0.3 is 11.8 Å². The van der Waals surface area contributed by atoms with Crippen molar-refractivity contribution in [2.24, 2.45) is 0 Å². The Morgan fingerprint density at radius 1 is 1.00 bits per heavy atom. The number of hydrogen-bond acceptors (Lipinski definition) is 4. The van der Waals surface area contributed by atoms with E-state index in [1.165, 1.54) is 23.3 Å². The molecular formula is C24H24FN3O2S. The summed E-state index contributed by atoms with van der Waals surface area (Å²) >= 11 is 1.62. The number of nitrogens with one attached hydrogen (secondary N) is 2. The first-order chi connectivity index (χ1) is 15.1. The standard InChI is InChI=1S/C24H24FN3O2S/c25-21-7-5-17(6-8-21)13-26-23(29)24(30)27-14-22(20-10-12-31-16-20)28-11-9-18-3-1-2-4-19(18)15-28/h1-8,10,12,16,22H,9,11,13-15H2,(H,26,29)(H,27,30). The van der Waals surface area contributed by atoms with Crippen molar-refractivity contribution in [3.63, 3.8) is 0 Å². The van der Waals surface area contributed by atoms with Gasteiger partial charge in [0.15, 0.2) is 0 Å². The van der Waals surface area contributed by atoms with Gasteiger partial charge < -0.3 is 10.6 Å². The van der Waals surface area contributed by atoms with E-state index in [9.17, 15) is 14.0 Å². The van der Waals surface area contributed by atoms with Crippen LogP contribution in [0.1, 0.15) is 28.3 Å². The molecule has 4 rings (SSSR count). The van der Waals surface area contributed by atoms with Crippen molar-refractivity contribution in [1.29, 1.82) is 0 Å². The van der Waals surface area contributed by atoms with E-state index in [0.29, 0.717) is 6.54 Å². The Kier molecular flexibility index (Phi) is 6.74. The van der Waals surface area contributed by atoms with Gasteiger partial charge in [0.1, 0.15) is 5.82 Å². The molecular weight excluding hydrogens is 413 g/mol. The van der Waals surface area contributed by atoms with Gasteiger partial charge in [-0.1, -0.05) is 36.4 Å². The van der Waals surface area contributed by atoms with E-state index in [0.717, 1.165) is 30.6 Å². The molecule has 3 aromatic rings. The molecule has 0 radical (unpaired) electrons. The molecule has 160 valence electrons. The second-order valence-electron chi connectivity index (χ2n) is 7.58. The van der Waals surface area contributed by atoms with Crippen molar-refractivity contribution < 1.29 is 14.0 Å². The Hall–Kier alpha value is -3.03. The molecule has 0 saturated carbocycles. The summed E-state index contributed by atoms with van der Waals surface area (Å²) in [4.78, 5) is 26.9. The van der Waals surface area contributed by atoms with Crippen LogP contribution < -0.4 is 10.6 Å². The van der Waals surface area contributed by atoms with Crippen LogP contribution in [0.2, 0.25) is 0 Å². The third-order valence-electron chi connectivity index (χ3n) is 5.56. The van der Waals surface area contributed by atoms with Crippen LogP contribution in [0, 0.1) is 5.82 Å². The normalized spacial score (nSPS) is 14.5. The lowest BCUT2D eigenvalue weighted by atomic mass is 9.97. The van der Waals surface area contributed by atoms with Crippen LogP contribution in [0.25, 0.3) is 0 Å². The van der Waals surface area contributed by atoms with Crippen molar-refractivity contribution in [2.75, 3.05) is 13.1 Å². The molecule has 31 heavy (non-hydrogen) atoms. The third-order valence-corrected chi connectivity index (χ3v) is 6.26. The number of thiophene rings is 1. The number of amides is 2. The van der Waals surface area contributed by atoms with Gasteiger partial charge in [-0.25, -0.2) is 4.39 Å². The van der Waals surface area contributed by atoms with Crippen LogP contribution in [0.15, 0.2) is 65.4 Å². The average Bonchev–Trinajstić information content (AvgIpc) is 3.33. The molecule has 0 fully saturated rings. The Labute approximate surface area is 184 Å². The first-order valence-corrected chi connectivity index (χ1v) is 11.2. The molecule has 2 aromatic carbocycles. The number of benzene rings is 2. The van der Waals surface area contributed by atoms with E-state index in [1.807, 2.05) is 5.38 Å². The molecule has 2 N–H and O–H groups in total. The van der Waals surface area contributed by atoms with Gasteiger partial charge in [0.25, 0.3) is 0 Å². The molecule has 0 bridgehead atoms. The maximum absolute atomic E-state index is 13.0. The average molecular weight is 438 g/mol. The molecule has 2 heterocycles. The molecule has 1 atom stereocenters. The number of carbonyl (C=O) groups excluding carboxylic acids is 2. The summed E-state index contributed by atoms with van der Waals surface area (Å²) in [6, 6.07) is 16.3. The van der Waals surface area contributed by atoms with Crippen LogP contribution >= 0.6 is 11.3 Å². The van der Waals surface area contributed by atoms with Crippen molar-refractivity contribution in [1.82, 2.24) is 15.5 Å². The van der Waals surface area contributed by atoms with Crippen LogP contribution in [0.4, 0.5) is 4.39 Å². The zero-order valence-corrected chi connectivity index (χ0v) is 17.8. The fraction of sp³-hybridized carbons (Fsp3) is 0.250. The number of rotatable bonds is 6. The van der Waals surface area contributed by atoms with E-state index in [4.69, 9.17) is 0 Å². The maximum atomic E-state index is 13.0. The predicted molar refractivity (Wildman–Crippen MR) is 119 cm³/mol. The molecule has 1 aromatic heterocycles. The quantitative estimate of drug-likeness (QED) is 0.581. The lowest BCUT2D eigenvalue weighted by Crippen LogP contribution is -2.45. The minimum atomic E-state index is -0.697. The SMILES string of the molecule is O=C(NCc1ccc(F)cc1)C(=O)NCC(c1ccsc1)N1CCc2ccccc2C1. The monoisotopic (exact) mass is 437 g/mol. The lowest BCUT2D eigenvalue weighted by Gasteiger charge is -2.35. The topological polar surface area (TPSA) is 61.4 Å². The minimum Gasteiger partial charge on any atom is -0.346 e. The number of carbonyl (C=O) groups is 2. The number of fused-ring (bicyclic) bond motifs is 1. The van der Waals surface area contributed by atoms with Crippen molar-refractivity contribution in [3.05, 3.63) is 93.4 Å². The first-order valence-electron chi connectivity index (χ1n) is 10.2. The second kappa shape index (κ2) is 9.85. The van der Waals surface area contributed by atoms with Gasteiger partial charge in [-0.3, -0.25) is 14.5 Å². The highest BCUT2D eigenvalue weighted by Gasteiger charge is 2.26. The highest BCUT2D eigenvalue weighted by atomic mass is 32.1. The van der Waals surface area contributed by atoms with E-state index < -0.39 is 11.8 Å². The smallest absolute Gasteiger partial charge is 0.309 e. The highest BCUT2D eigenvalue weighted by Crippen LogP contribution is 2.28. The van der Waals surface area contributed by atoms with Gasteiger partial charge in [0.05, 0.1) is 6.04 Å². The summed E-state index contributed by atoms with van der Waals surface area (Å²) in [5.41, 5.74) is 4.53. The first kappa shape index (κ1) is 21.2. The second-order valence-corrected chi connectivity index (χ2v) is 8.36. The number of hydrogen-bond donors (Lipinski definition) is 2. The van der Waals surface area contributed by atoms with Gasteiger partial charge in [0, 0.05) is 26.2 Å². The molecule has 1 aliphatic heterocycles.